The first kappa shape index (κ1) is 21.9. The van der Waals surface area contributed by atoms with Gasteiger partial charge in [-0.2, -0.15) is 0 Å². The van der Waals surface area contributed by atoms with Gasteiger partial charge in [-0.3, -0.25) is 4.79 Å². The molecule has 1 heterocycles. The molecule has 0 saturated heterocycles. The van der Waals surface area contributed by atoms with E-state index in [1.165, 1.54) is 11.3 Å². The van der Waals surface area contributed by atoms with Gasteiger partial charge in [0.05, 0.1) is 5.69 Å². The van der Waals surface area contributed by atoms with E-state index in [1.807, 2.05) is 35.7 Å². The second-order valence-corrected chi connectivity index (χ2v) is 8.92. The molecule has 1 unspecified atom stereocenters. The molecule has 0 fully saturated rings. The van der Waals surface area contributed by atoms with E-state index in [1.54, 1.807) is 20.8 Å². The second kappa shape index (κ2) is 9.68. The van der Waals surface area contributed by atoms with Crippen molar-refractivity contribution in [3.63, 3.8) is 0 Å². The molecule has 0 saturated carbocycles. The highest BCUT2D eigenvalue weighted by molar-refractivity contribution is 7.14. The van der Waals surface area contributed by atoms with E-state index < -0.39 is 17.7 Å². The van der Waals surface area contributed by atoms with Crippen molar-refractivity contribution < 1.29 is 14.3 Å². The largest absolute Gasteiger partial charge is 0.444 e. The molecule has 1 aromatic heterocycles. The lowest BCUT2D eigenvalue weighted by Gasteiger charge is -2.23. The zero-order valence-electron chi connectivity index (χ0n) is 17.1. The number of amides is 2. The fourth-order valence-corrected chi connectivity index (χ4v) is 3.21. The molecule has 2 rings (SSSR count). The number of thiazole rings is 1. The zero-order valence-corrected chi connectivity index (χ0v) is 17.9. The maximum Gasteiger partial charge on any atom is 0.408 e. The maximum atomic E-state index is 12.8. The van der Waals surface area contributed by atoms with E-state index in [0.29, 0.717) is 17.5 Å². The van der Waals surface area contributed by atoms with Gasteiger partial charge in [0.25, 0.3) is 0 Å². The number of hydrogen-bond acceptors (Lipinski definition) is 5. The molecule has 1 atom stereocenters. The lowest BCUT2D eigenvalue weighted by Crippen LogP contribution is -2.45. The average molecular weight is 404 g/mol. The molecule has 0 aliphatic heterocycles. The number of aromatic nitrogens is 1. The van der Waals surface area contributed by atoms with Gasteiger partial charge in [0.2, 0.25) is 5.91 Å². The second-order valence-electron chi connectivity index (χ2n) is 8.06. The van der Waals surface area contributed by atoms with Crippen LogP contribution in [0.3, 0.4) is 0 Å². The first-order valence-corrected chi connectivity index (χ1v) is 10.3. The Morgan fingerprint density at radius 1 is 1.14 bits per heavy atom. The Hall–Kier alpha value is -2.41. The summed E-state index contributed by atoms with van der Waals surface area (Å²) >= 11 is 1.36. The number of alkyl carbamates (subject to hydrolysis) is 1. The molecule has 0 aliphatic rings. The van der Waals surface area contributed by atoms with Crippen LogP contribution < -0.4 is 10.6 Å². The first-order valence-electron chi connectivity index (χ1n) is 9.45. The first-order chi connectivity index (χ1) is 13.1. The van der Waals surface area contributed by atoms with Crippen LogP contribution in [0.1, 0.15) is 47.5 Å². The summed E-state index contributed by atoms with van der Waals surface area (Å²) in [5, 5.41) is 7.92. The summed E-state index contributed by atoms with van der Waals surface area (Å²) in [5.41, 5.74) is 1.17. The molecule has 0 spiro atoms. The number of nitrogens with one attached hydrogen (secondary N) is 2. The highest BCUT2D eigenvalue weighted by Crippen LogP contribution is 2.25. The fourth-order valence-electron chi connectivity index (χ4n) is 2.48. The van der Waals surface area contributed by atoms with Gasteiger partial charge in [-0.25, -0.2) is 9.78 Å². The van der Waals surface area contributed by atoms with Crippen molar-refractivity contribution in [3.05, 3.63) is 35.7 Å². The minimum Gasteiger partial charge on any atom is -0.444 e. The van der Waals surface area contributed by atoms with E-state index in [2.05, 4.69) is 29.5 Å². The Morgan fingerprint density at radius 2 is 1.82 bits per heavy atom. The van der Waals surface area contributed by atoms with Crippen molar-refractivity contribution >= 4 is 28.5 Å². The Morgan fingerprint density at radius 3 is 2.43 bits per heavy atom. The number of benzene rings is 1. The van der Waals surface area contributed by atoms with Gasteiger partial charge in [0, 0.05) is 10.9 Å². The summed E-state index contributed by atoms with van der Waals surface area (Å²) in [4.78, 5) is 29.4. The fraction of sp³-hybridized carbons (Fsp3) is 0.476. The van der Waals surface area contributed by atoms with E-state index in [9.17, 15) is 9.59 Å². The van der Waals surface area contributed by atoms with E-state index >= 15 is 0 Å². The minimum absolute atomic E-state index is 0.291. The molecule has 1 aromatic carbocycles. The smallest absolute Gasteiger partial charge is 0.408 e. The summed E-state index contributed by atoms with van der Waals surface area (Å²) in [5.74, 6) is 0.126. The summed E-state index contributed by atoms with van der Waals surface area (Å²) in [6.07, 6.45) is 0.737. The van der Waals surface area contributed by atoms with Crippen LogP contribution >= 0.6 is 11.3 Å². The molecular formula is C21H29N3O3S. The number of ether oxygens (including phenoxy) is 1. The molecule has 152 valence electrons. The van der Waals surface area contributed by atoms with Crippen LogP contribution in [-0.2, 0) is 9.53 Å². The minimum atomic E-state index is -0.679. The third kappa shape index (κ3) is 7.31. The van der Waals surface area contributed by atoms with E-state index in [-0.39, 0.29) is 5.91 Å². The quantitative estimate of drug-likeness (QED) is 0.676. The van der Waals surface area contributed by atoms with Gasteiger partial charge >= 0.3 is 6.09 Å². The highest BCUT2D eigenvalue weighted by Gasteiger charge is 2.25. The number of hydrogen-bond donors (Lipinski definition) is 2. The molecule has 2 aromatic rings. The molecule has 0 bridgehead atoms. The van der Waals surface area contributed by atoms with Crippen LogP contribution in [0.5, 0.6) is 0 Å². The van der Waals surface area contributed by atoms with Gasteiger partial charge in [0.1, 0.15) is 11.6 Å². The summed E-state index contributed by atoms with van der Waals surface area (Å²) in [6, 6.07) is 9.09. The van der Waals surface area contributed by atoms with Crippen LogP contribution in [-0.4, -0.2) is 28.6 Å². The van der Waals surface area contributed by atoms with Crippen LogP contribution in [0.15, 0.2) is 35.7 Å². The number of carbonyl (C=O) groups is 2. The number of anilines is 1. The Labute approximate surface area is 170 Å². The summed E-state index contributed by atoms with van der Waals surface area (Å²) in [7, 11) is 0. The molecule has 7 heteroatoms. The molecule has 0 radical (unpaired) electrons. The highest BCUT2D eigenvalue weighted by atomic mass is 32.1. The third-order valence-corrected chi connectivity index (χ3v) is 4.60. The van der Waals surface area contributed by atoms with E-state index in [4.69, 9.17) is 4.74 Å². The Balaban J connectivity index is 2.05. The molecule has 0 aliphatic carbocycles. The lowest BCUT2D eigenvalue weighted by molar-refractivity contribution is -0.118. The van der Waals surface area contributed by atoms with Crippen LogP contribution in [0.2, 0.25) is 0 Å². The third-order valence-electron chi connectivity index (χ3n) is 3.84. The maximum absolute atomic E-state index is 12.8. The van der Waals surface area contributed by atoms with Crippen molar-refractivity contribution in [2.75, 3.05) is 5.32 Å². The molecule has 6 nitrogen and oxygen atoms in total. The van der Waals surface area contributed by atoms with Crippen molar-refractivity contribution in [3.8, 4) is 11.3 Å². The molecule has 2 amide bonds. The number of carbonyl (C=O) groups excluding carboxylic acids is 2. The number of nitrogens with zero attached hydrogens (tertiary/aromatic N) is 1. The van der Waals surface area contributed by atoms with Gasteiger partial charge in [-0.05, 0) is 39.5 Å². The van der Waals surface area contributed by atoms with Crippen LogP contribution in [0.25, 0.3) is 11.3 Å². The van der Waals surface area contributed by atoms with Gasteiger partial charge < -0.3 is 15.4 Å². The average Bonchev–Trinajstić information content (AvgIpc) is 3.06. The van der Waals surface area contributed by atoms with Crippen molar-refractivity contribution in [2.24, 2.45) is 5.92 Å². The van der Waals surface area contributed by atoms with Gasteiger partial charge in [-0.15, -0.1) is 11.3 Å². The van der Waals surface area contributed by atoms with E-state index in [0.717, 1.165) is 17.7 Å². The van der Waals surface area contributed by atoms with Gasteiger partial charge in [-0.1, -0.05) is 44.2 Å². The van der Waals surface area contributed by atoms with Crippen molar-refractivity contribution in [2.45, 2.75) is 59.1 Å². The molecule has 2 N–H and O–H groups in total. The number of rotatable bonds is 7. The summed E-state index contributed by atoms with van der Waals surface area (Å²) < 4.78 is 5.29. The topological polar surface area (TPSA) is 80.3 Å². The summed E-state index contributed by atoms with van der Waals surface area (Å²) in [6.45, 7) is 9.52. The standard InChI is InChI=1S/C21H29N3O3S/c1-14(2)11-12-16(23-20(26)27-21(3,4)5)18(25)24-19-22-17(13-28-19)15-9-7-6-8-10-15/h6-10,13-14,16H,11-12H2,1-5H3,(H,23,26)(H,22,24,25). The predicted molar refractivity (Wildman–Crippen MR) is 113 cm³/mol. The normalized spacial score (nSPS) is 12.5. The van der Waals surface area contributed by atoms with Gasteiger partial charge in [0.15, 0.2) is 5.13 Å². The Kier molecular flexibility index (Phi) is 7.57. The van der Waals surface area contributed by atoms with Crippen LogP contribution in [0, 0.1) is 5.92 Å². The zero-order chi connectivity index (χ0) is 20.7. The molecular weight excluding hydrogens is 374 g/mol. The van der Waals surface area contributed by atoms with Crippen LogP contribution in [0.4, 0.5) is 9.93 Å². The van der Waals surface area contributed by atoms with Crippen molar-refractivity contribution in [1.82, 2.24) is 10.3 Å². The predicted octanol–water partition coefficient (Wildman–Crippen LogP) is 5.08. The lowest BCUT2D eigenvalue weighted by atomic mass is 10.0. The SMILES string of the molecule is CC(C)CCC(NC(=O)OC(C)(C)C)C(=O)Nc1nc(-c2ccccc2)cs1. The Bertz CT molecular complexity index is 782. The van der Waals surface area contributed by atoms with Crippen molar-refractivity contribution in [1.29, 1.82) is 0 Å². The monoisotopic (exact) mass is 403 g/mol. The molecule has 28 heavy (non-hydrogen) atoms.